The normalized spacial score (nSPS) is 17.8. The van der Waals surface area contributed by atoms with Crippen molar-refractivity contribution in [2.45, 2.75) is 64.6 Å². The van der Waals surface area contributed by atoms with Crippen LogP contribution in [0.4, 0.5) is 4.79 Å². The summed E-state index contributed by atoms with van der Waals surface area (Å²) in [6.07, 6.45) is 3.96. The lowest BCUT2D eigenvalue weighted by molar-refractivity contribution is 0.00927. The van der Waals surface area contributed by atoms with Crippen molar-refractivity contribution in [3.8, 4) is 0 Å². The van der Waals surface area contributed by atoms with E-state index >= 15 is 0 Å². The molecule has 2 amide bonds. The monoisotopic (exact) mass is 443 g/mol. The molecule has 1 aliphatic heterocycles. The molecule has 3 rings (SSSR count). The van der Waals surface area contributed by atoms with Crippen LogP contribution in [0.3, 0.4) is 0 Å². The molecule has 1 aromatic rings. The van der Waals surface area contributed by atoms with Crippen LogP contribution in [0.2, 0.25) is 0 Å². The number of carbonyl (C=O) groups excluding carboxylic acids is 2. The number of likely N-dealkylation sites (tertiary alicyclic amines) is 1. The Morgan fingerprint density at radius 2 is 1.91 bits per heavy atom. The Hall–Kier alpha value is -2.77. The molecule has 8 heteroatoms. The highest BCUT2D eigenvalue weighted by Crippen LogP contribution is 2.32. The number of aliphatic imine (C=N–C) groups is 1. The van der Waals surface area contributed by atoms with Gasteiger partial charge in [-0.1, -0.05) is 12.1 Å². The topological polar surface area (TPSA) is 100 Å². The lowest BCUT2D eigenvalue weighted by atomic mass is 10.0. The molecule has 1 saturated carbocycles. The number of primary amides is 1. The van der Waals surface area contributed by atoms with Gasteiger partial charge in [-0.2, -0.15) is 0 Å². The summed E-state index contributed by atoms with van der Waals surface area (Å²) in [6.45, 7) is 8.72. The molecular weight excluding hydrogens is 406 g/mol. The van der Waals surface area contributed by atoms with Gasteiger partial charge >= 0.3 is 6.09 Å². The van der Waals surface area contributed by atoms with Gasteiger partial charge in [0.1, 0.15) is 5.60 Å². The molecule has 0 spiro atoms. The summed E-state index contributed by atoms with van der Waals surface area (Å²) >= 11 is 0. The second-order valence-corrected chi connectivity index (χ2v) is 9.76. The van der Waals surface area contributed by atoms with Crippen molar-refractivity contribution < 1.29 is 14.3 Å². The van der Waals surface area contributed by atoms with Crippen LogP contribution in [0.1, 0.15) is 62.4 Å². The van der Waals surface area contributed by atoms with Gasteiger partial charge in [0.25, 0.3) is 0 Å². The zero-order valence-corrected chi connectivity index (χ0v) is 19.8. The minimum absolute atomic E-state index is 0.187. The summed E-state index contributed by atoms with van der Waals surface area (Å²) in [4.78, 5) is 32.9. The van der Waals surface area contributed by atoms with Crippen LogP contribution < -0.4 is 11.1 Å². The predicted octanol–water partition coefficient (Wildman–Crippen LogP) is 2.97. The summed E-state index contributed by atoms with van der Waals surface area (Å²) in [7, 11) is 1.77. The second kappa shape index (κ2) is 10.2. The molecule has 1 aliphatic carbocycles. The summed E-state index contributed by atoms with van der Waals surface area (Å²) in [5, 5.41) is 3.38. The lowest BCUT2D eigenvalue weighted by Gasteiger charge is -2.40. The number of nitrogens with one attached hydrogen (secondary N) is 1. The minimum atomic E-state index is -0.489. The van der Waals surface area contributed by atoms with Gasteiger partial charge in [0, 0.05) is 44.8 Å². The number of guanidine groups is 1. The van der Waals surface area contributed by atoms with Crippen molar-refractivity contribution >= 4 is 18.0 Å². The number of nitrogens with zero attached hydrogens (tertiary/aromatic N) is 3. The smallest absolute Gasteiger partial charge is 0.410 e. The van der Waals surface area contributed by atoms with E-state index in [9.17, 15) is 9.59 Å². The minimum Gasteiger partial charge on any atom is -0.444 e. The molecule has 1 heterocycles. The van der Waals surface area contributed by atoms with E-state index in [0.717, 1.165) is 44.0 Å². The van der Waals surface area contributed by atoms with Crippen LogP contribution >= 0.6 is 0 Å². The molecule has 8 nitrogen and oxygen atoms in total. The zero-order chi connectivity index (χ0) is 23.3. The van der Waals surface area contributed by atoms with E-state index in [-0.39, 0.29) is 12.1 Å². The fourth-order valence-electron chi connectivity index (χ4n) is 4.01. The van der Waals surface area contributed by atoms with Crippen molar-refractivity contribution in [1.29, 1.82) is 0 Å². The number of benzene rings is 1. The quantitative estimate of drug-likeness (QED) is 0.520. The third kappa shape index (κ3) is 6.87. The van der Waals surface area contributed by atoms with Crippen molar-refractivity contribution in [2.75, 3.05) is 26.7 Å². The first-order valence-corrected chi connectivity index (χ1v) is 11.5. The van der Waals surface area contributed by atoms with Gasteiger partial charge in [-0.3, -0.25) is 9.79 Å². The molecule has 0 aromatic heterocycles. The van der Waals surface area contributed by atoms with Gasteiger partial charge in [0.15, 0.2) is 5.96 Å². The van der Waals surface area contributed by atoms with Crippen LogP contribution in [0.15, 0.2) is 29.3 Å². The molecular formula is C24H37N5O3. The van der Waals surface area contributed by atoms with E-state index < -0.39 is 11.5 Å². The molecule has 32 heavy (non-hydrogen) atoms. The molecule has 3 N–H and O–H groups in total. The number of ether oxygens (including phenoxy) is 1. The number of carbonyl (C=O) groups is 2. The first kappa shape index (κ1) is 23.9. The standard InChI is InChI=1S/C24H37N5O3/c1-24(2,3)32-23(31)29(16-17-8-9-17)20-10-12-28(13-11-20)22(26-4)27-15-18-6-5-7-19(14-18)21(25)30/h5-7,14,17,20H,8-13,15-16H2,1-4H3,(H2,25,30)(H,26,27). The highest BCUT2D eigenvalue weighted by atomic mass is 16.6. The first-order valence-electron chi connectivity index (χ1n) is 11.5. The van der Waals surface area contributed by atoms with Crippen molar-refractivity contribution in [1.82, 2.24) is 15.1 Å². The largest absolute Gasteiger partial charge is 0.444 e. The fourth-order valence-corrected chi connectivity index (χ4v) is 4.01. The van der Waals surface area contributed by atoms with E-state index in [0.29, 0.717) is 18.0 Å². The Morgan fingerprint density at radius 3 is 2.47 bits per heavy atom. The number of rotatable bonds is 6. The van der Waals surface area contributed by atoms with Crippen molar-refractivity contribution in [2.24, 2.45) is 16.6 Å². The Balaban J connectivity index is 1.55. The Morgan fingerprint density at radius 1 is 1.22 bits per heavy atom. The maximum absolute atomic E-state index is 12.8. The molecule has 0 bridgehead atoms. The summed E-state index contributed by atoms with van der Waals surface area (Å²) < 4.78 is 5.70. The van der Waals surface area contributed by atoms with E-state index in [1.165, 1.54) is 12.8 Å². The van der Waals surface area contributed by atoms with E-state index in [1.54, 1.807) is 19.2 Å². The summed E-state index contributed by atoms with van der Waals surface area (Å²) in [5.74, 6) is 1.00. The lowest BCUT2D eigenvalue weighted by Crippen LogP contribution is -2.52. The van der Waals surface area contributed by atoms with Gasteiger partial charge in [-0.15, -0.1) is 0 Å². The van der Waals surface area contributed by atoms with Crippen molar-refractivity contribution in [3.63, 3.8) is 0 Å². The number of amides is 2. The number of nitrogens with two attached hydrogens (primary N) is 1. The number of hydrogen-bond acceptors (Lipinski definition) is 4. The van der Waals surface area contributed by atoms with Crippen molar-refractivity contribution in [3.05, 3.63) is 35.4 Å². The maximum atomic E-state index is 12.8. The maximum Gasteiger partial charge on any atom is 0.410 e. The molecule has 0 radical (unpaired) electrons. The second-order valence-electron chi connectivity index (χ2n) is 9.76. The van der Waals surface area contributed by atoms with Crippen LogP contribution in [0, 0.1) is 5.92 Å². The zero-order valence-electron chi connectivity index (χ0n) is 19.8. The Labute approximate surface area is 191 Å². The third-order valence-corrected chi connectivity index (χ3v) is 5.86. The highest BCUT2D eigenvalue weighted by Gasteiger charge is 2.35. The number of hydrogen-bond donors (Lipinski definition) is 2. The molecule has 0 unspecified atom stereocenters. The predicted molar refractivity (Wildman–Crippen MR) is 125 cm³/mol. The van der Waals surface area contributed by atoms with Crippen LogP contribution in [0.5, 0.6) is 0 Å². The first-order chi connectivity index (χ1) is 15.2. The van der Waals surface area contributed by atoms with Gasteiger partial charge in [0.05, 0.1) is 0 Å². The average molecular weight is 444 g/mol. The van der Waals surface area contributed by atoms with Gasteiger partial charge in [-0.25, -0.2) is 4.79 Å². The molecule has 176 valence electrons. The van der Waals surface area contributed by atoms with Gasteiger partial charge in [-0.05, 0) is 70.1 Å². The third-order valence-electron chi connectivity index (χ3n) is 5.86. The molecule has 2 aliphatic rings. The van der Waals surface area contributed by atoms with E-state index in [2.05, 4.69) is 15.2 Å². The van der Waals surface area contributed by atoms with Crippen LogP contribution in [-0.4, -0.2) is 66.1 Å². The molecule has 1 saturated heterocycles. The molecule has 1 aromatic carbocycles. The van der Waals surface area contributed by atoms with Crippen LogP contribution in [0.25, 0.3) is 0 Å². The van der Waals surface area contributed by atoms with Crippen LogP contribution in [-0.2, 0) is 11.3 Å². The summed E-state index contributed by atoms with van der Waals surface area (Å²) in [5.41, 5.74) is 6.36. The highest BCUT2D eigenvalue weighted by molar-refractivity contribution is 5.92. The number of piperidine rings is 1. The Bertz CT molecular complexity index is 836. The van der Waals surface area contributed by atoms with Gasteiger partial charge in [0.2, 0.25) is 5.91 Å². The Kier molecular flexibility index (Phi) is 7.64. The van der Waals surface area contributed by atoms with E-state index in [1.807, 2.05) is 37.8 Å². The fraction of sp³-hybridized carbons (Fsp3) is 0.625. The average Bonchev–Trinajstić information content (AvgIpc) is 3.56. The van der Waals surface area contributed by atoms with Gasteiger partial charge < -0.3 is 25.6 Å². The summed E-state index contributed by atoms with van der Waals surface area (Å²) in [6, 6.07) is 7.48. The SMILES string of the molecule is CN=C(NCc1cccc(C(N)=O)c1)N1CCC(N(CC2CC2)C(=O)OC(C)(C)C)CC1. The molecule has 2 fully saturated rings. The molecule has 0 atom stereocenters. The van der Waals surface area contributed by atoms with E-state index in [4.69, 9.17) is 10.5 Å².